The fraction of sp³-hybridized carbons (Fsp3) is 0.304. The second-order valence-electron chi connectivity index (χ2n) is 7.59. The predicted molar refractivity (Wildman–Crippen MR) is 111 cm³/mol. The van der Waals surface area contributed by atoms with Gasteiger partial charge in [0.15, 0.2) is 0 Å². The number of piperidine rings is 1. The van der Waals surface area contributed by atoms with Crippen LogP contribution in [-0.2, 0) is 11.2 Å². The third-order valence-electron chi connectivity index (χ3n) is 5.35. The molecular weight excluding hydrogens is 399 g/mol. The predicted octanol–water partition coefficient (Wildman–Crippen LogP) is 3.09. The Balaban J connectivity index is 1.31. The lowest BCUT2D eigenvalue weighted by molar-refractivity contribution is -0.131. The molecule has 31 heavy (non-hydrogen) atoms. The number of likely N-dealkylation sites (tertiary alicyclic amines) is 1. The molecule has 0 bridgehead atoms. The Morgan fingerprint density at radius 3 is 2.71 bits per heavy atom. The molecule has 0 unspecified atom stereocenters. The number of nitrogens with one attached hydrogen (secondary N) is 1. The first-order valence-electron chi connectivity index (χ1n) is 10.3. The maximum Gasteiger partial charge on any atom is 0.251 e. The van der Waals surface area contributed by atoms with Gasteiger partial charge in [-0.2, -0.15) is 4.98 Å². The van der Waals surface area contributed by atoms with Gasteiger partial charge in [0.2, 0.25) is 17.6 Å². The molecule has 4 rings (SSSR count). The van der Waals surface area contributed by atoms with Gasteiger partial charge in [-0.15, -0.1) is 0 Å². The smallest absolute Gasteiger partial charge is 0.251 e. The van der Waals surface area contributed by atoms with Gasteiger partial charge in [-0.25, -0.2) is 4.39 Å². The number of benzene rings is 2. The molecule has 1 N–H and O–H groups in total. The van der Waals surface area contributed by atoms with Crippen molar-refractivity contribution in [2.45, 2.75) is 19.3 Å². The van der Waals surface area contributed by atoms with Gasteiger partial charge in [0.05, 0.1) is 12.1 Å². The zero-order valence-corrected chi connectivity index (χ0v) is 17.0. The average Bonchev–Trinajstić information content (AvgIpc) is 3.26. The fourth-order valence-electron chi connectivity index (χ4n) is 3.75. The summed E-state index contributed by atoms with van der Waals surface area (Å²) in [5.41, 5.74) is 0.820. The molecule has 7 nitrogen and oxygen atoms in total. The van der Waals surface area contributed by atoms with Gasteiger partial charge < -0.3 is 14.7 Å². The lowest BCUT2D eigenvalue weighted by Crippen LogP contribution is -2.45. The van der Waals surface area contributed by atoms with Crippen LogP contribution in [0.4, 0.5) is 4.39 Å². The number of nitrogens with zero attached hydrogens (tertiary/aromatic N) is 3. The van der Waals surface area contributed by atoms with E-state index in [2.05, 4.69) is 15.5 Å². The molecule has 0 radical (unpaired) electrons. The van der Waals surface area contributed by atoms with Crippen LogP contribution in [0, 0.1) is 11.7 Å². The molecule has 1 atom stereocenters. The van der Waals surface area contributed by atoms with Crippen molar-refractivity contribution >= 4 is 11.8 Å². The summed E-state index contributed by atoms with van der Waals surface area (Å²) in [6.07, 6.45) is 2.30. The second kappa shape index (κ2) is 9.51. The van der Waals surface area contributed by atoms with Crippen molar-refractivity contribution in [2.24, 2.45) is 5.92 Å². The zero-order valence-electron chi connectivity index (χ0n) is 17.0. The van der Waals surface area contributed by atoms with Crippen molar-refractivity contribution in [2.75, 3.05) is 19.6 Å². The van der Waals surface area contributed by atoms with E-state index in [1.165, 1.54) is 6.07 Å². The first-order valence-corrected chi connectivity index (χ1v) is 10.3. The summed E-state index contributed by atoms with van der Waals surface area (Å²) in [6.45, 7) is 1.16. The summed E-state index contributed by atoms with van der Waals surface area (Å²) in [4.78, 5) is 30.8. The molecular formula is C23H23FN4O3. The summed E-state index contributed by atoms with van der Waals surface area (Å²) in [7, 11) is 0. The topological polar surface area (TPSA) is 88.3 Å². The fourth-order valence-corrected chi connectivity index (χ4v) is 3.75. The highest BCUT2D eigenvalue weighted by molar-refractivity contribution is 5.96. The van der Waals surface area contributed by atoms with Crippen LogP contribution in [-0.4, -0.2) is 46.5 Å². The molecule has 1 aromatic heterocycles. The Morgan fingerprint density at radius 1 is 1.13 bits per heavy atom. The number of hydrogen-bond donors (Lipinski definition) is 1. The van der Waals surface area contributed by atoms with Crippen molar-refractivity contribution in [1.29, 1.82) is 0 Å². The van der Waals surface area contributed by atoms with Crippen LogP contribution in [0.3, 0.4) is 0 Å². The molecule has 2 aromatic carbocycles. The van der Waals surface area contributed by atoms with E-state index in [1.54, 1.807) is 47.4 Å². The molecule has 1 saturated heterocycles. The monoisotopic (exact) mass is 422 g/mol. The molecule has 1 aliphatic rings. The molecule has 1 aliphatic heterocycles. The van der Waals surface area contributed by atoms with Crippen LogP contribution >= 0.6 is 0 Å². The Kier molecular flexibility index (Phi) is 6.35. The van der Waals surface area contributed by atoms with Crippen molar-refractivity contribution in [3.05, 3.63) is 71.9 Å². The largest absolute Gasteiger partial charge is 0.343 e. The normalized spacial score (nSPS) is 16.2. The SMILES string of the molecule is O=C(NCC(=O)N1CCC[C@H](Cc2nc(-c3ccccc3F)no2)C1)c1ccccc1. The lowest BCUT2D eigenvalue weighted by atomic mass is 9.94. The van der Waals surface area contributed by atoms with E-state index in [-0.39, 0.29) is 30.1 Å². The number of hydrogen-bond acceptors (Lipinski definition) is 5. The number of rotatable bonds is 6. The highest BCUT2D eigenvalue weighted by Gasteiger charge is 2.26. The van der Waals surface area contributed by atoms with Crippen molar-refractivity contribution in [3.8, 4) is 11.4 Å². The minimum Gasteiger partial charge on any atom is -0.343 e. The van der Waals surface area contributed by atoms with E-state index in [0.29, 0.717) is 36.5 Å². The zero-order chi connectivity index (χ0) is 21.6. The van der Waals surface area contributed by atoms with E-state index >= 15 is 0 Å². The quantitative estimate of drug-likeness (QED) is 0.660. The van der Waals surface area contributed by atoms with Crippen molar-refractivity contribution < 1.29 is 18.5 Å². The second-order valence-corrected chi connectivity index (χ2v) is 7.59. The Hall–Kier alpha value is -3.55. The van der Waals surface area contributed by atoms with Crippen LogP contribution in [0.15, 0.2) is 59.1 Å². The summed E-state index contributed by atoms with van der Waals surface area (Å²) in [5.74, 6) is 0.0225. The van der Waals surface area contributed by atoms with Gasteiger partial charge in [0.25, 0.3) is 5.91 Å². The number of carbonyl (C=O) groups is 2. The third kappa shape index (κ3) is 5.14. The van der Waals surface area contributed by atoms with Crippen molar-refractivity contribution in [1.82, 2.24) is 20.4 Å². The Labute approximate surface area is 179 Å². The summed E-state index contributed by atoms with van der Waals surface area (Å²) < 4.78 is 19.2. The molecule has 0 saturated carbocycles. The van der Waals surface area contributed by atoms with Gasteiger partial charge in [-0.1, -0.05) is 35.5 Å². The summed E-state index contributed by atoms with van der Waals surface area (Å²) in [5, 5.41) is 6.57. The number of carbonyl (C=O) groups excluding carboxylic acids is 2. The van der Waals surface area contributed by atoms with Crippen LogP contribution < -0.4 is 5.32 Å². The van der Waals surface area contributed by atoms with E-state index in [9.17, 15) is 14.0 Å². The number of halogens is 1. The minimum absolute atomic E-state index is 0.0432. The molecule has 8 heteroatoms. The van der Waals surface area contributed by atoms with Crippen LogP contribution in [0.25, 0.3) is 11.4 Å². The summed E-state index contributed by atoms with van der Waals surface area (Å²) in [6, 6.07) is 15.1. The van der Waals surface area contributed by atoms with Gasteiger partial charge >= 0.3 is 0 Å². The highest BCUT2D eigenvalue weighted by Crippen LogP contribution is 2.23. The molecule has 2 heterocycles. The number of amides is 2. The molecule has 0 aliphatic carbocycles. The van der Waals surface area contributed by atoms with Crippen molar-refractivity contribution in [3.63, 3.8) is 0 Å². The van der Waals surface area contributed by atoms with E-state index in [1.807, 2.05) is 6.07 Å². The van der Waals surface area contributed by atoms with E-state index in [0.717, 1.165) is 12.8 Å². The van der Waals surface area contributed by atoms with Gasteiger partial charge in [-0.05, 0) is 43.0 Å². The van der Waals surface area contributed by atoms with Crippen LogP contribution in [0.2, 0.25) is 0 Å². The lowest BCUT2D eigenvalue weighted by Gasteiger charge is -2.32. The first kappa shape index (κ1) is 20.7. The molecule has 1 fully saturated rings. The van der Waals surface area contributed by atoms with E-state index in [4.69, 9.17) is 4.52 Å². The van der Waals surface area contributed by atoms with Gasteiger partial charge in [0.1, 0.15) is 5.82 Å². The minimum atomic E-state index is -0.401. The molecule has 160 valence electrons. The summed E-state index contributed by atoms with van der Waals surface area (Å²) >= 11 is 0. The number of aromatic nitrogens is 2. The highest BCUT2D eigenvalue weighted by atomic mass is 19.1. The van der Waals surface area contributed by atoms with Gasteiger partial charge in [-0.3, -0.25) is 9.59 Å². The maximum atomic E-state index is 13.9. The van der Waals surface area contributed by atoms with E-state index < -0.39 is 5.82 Å². The van der Waals surface area contributed by atoms with Crippen LogP contribution in [0.1, 0.15) is 29.1 Å². The van der Waals surface area contributed by atoms with Gasteiger partial charge in [0, 0.05) is 25.1 Å². The molecule has 2 amide bonds. The molecule has 0 spiro atoms. The first-order chi connectivity index (χ1) is 15.1. The standard InChI is InChI=1S/C23H23FN4O3/c24-19-11-5-4-10-18(19)22-26-20(31-27-22)13-16-7-6-12-28(15-16)21(29)14-25-23(30)17-8-2-1-3-9-17/h1-5,8-11,16H,6-7,12-15H2,(H,25,30)/t16-/m1/s1. The molecule has 3 aromatic rings. The maximum absolute atomic E-state index is 13.9. The van der Waals surface area contributed by atoms with Crippen LogP contribution in [0.5, 0.6) is 0 Å². The third-order valence-corrected chi connectivity index (χ3v) is 5.35. The Bertz CT molecular complexity index is 1050. The Morgan fingerprint density at radius 2 is 1.90 bits per heavy atom. The average molecular weight is 422 g/mol.